The molecule has 116 valence electrons. The van der Waals surface area contributed by atoms with E-state index in [0.29, 0.717) is 5.58 Å². The van der Waals surface area contributed by atoms with Gasteiger partial charge in [-0.2, -0.15) is 5.10 Å². The van der Waals surface area contributed by atoms with Crippen LogP contribution < -0.4 is 5.43 Å². The third-order valence-electron chi connectivity index (χ3n) is 3.83. The molecule has 0 fully saturated rings. The Kier molecular flexibility index (Phi) is 3.56. The van der Waals surface area contributed by atoms with Crippen molar-refractivity contribution in [1.82, 2.24) is 5.43 Å². The summed E-state index contributed by atoms with van der Waals surface area (Å²) in [5, 5.41) is 7.06. The third-order valence-corrected chi connectivity index (χ3v) is 3.83. The van der Waals surface area contributed by atoms with Crippen molar-refractivity contribution in [2.24, 2.45) is 5.10 Å². The molecule has 0 radical (unpaired) electrons. The fourth-order valence-electron chi connectivity index (χ4n) is 2.66. The lowest BCUT2D eigenvalue weighted by atomic mass is 10.1. The van der Waals surface area contributed by atoms with Crippen molar-refractivity contribution in [3.63, 3.8) is 0 Å². The van der Waals surface area contributed by atoms with E-state index in [9.17, 15) is 4.79 Å². The maximum Gasteiger partial charge on any atom is 0.307 e. The summed E-state index contributed by atoms with van der Waals surface area (Å²) >= 11 is 0. The van der Waals surface area contributed by atoms with E-state index in [4.69, 9.17) is 4.42 Å². The van der Waals surface area contributed by atoms with Crippen molar-refractivity contribution < 1.29 is 9.21 Å². The van der Waals surface area contributed by atoms with Gasteiger partial charge in [-0.25, -0.2) is 5.43 Å². The second-order valence-electron chi connectivity index (χ2n) is 5.42. The molecule has 1 N–H and O–H groups in total. The van der Waals surface area contributed by atoms with Crippen molar-refractivity contribution in [1.29, 1.82) is 0 Å². The van der Waals surface area contributed by atoms with Crippen LogP contribution in [-0.2, 0) is 0 Å². The fourth-order valence-corrected chi connectivity index (χ4v) is 2.66. The molecular formula is C20H14N2O2. The Morgan fingerprint density at radius 1 is 0.917 bits per heavy atom. The molecule has 0 unspecified atom stereocenters. The molecule has 0 aliphatic rings. The van der Waals surface area contributed by atoms with E-state index in [1.165, 1.54) is 0 Å². The van der Waals surface area contributed by atoms with E-state index in [1.807, 2.05) is 66.7 Å². The number of fused-ring (bicyclic) bond motifs is 3. The van der Waals surface area contributed by atoms with Crippen molar-refractivity contribution in [2.45, 2.75) is 0 Å². The number of hydrogen-bond donors (Lipinski definition) is 1. The van der Waals surface area contributed by atoms with E-state index in [2.05, 4.69) is 10.5 Å². The molecule has 0 saturated carbocycles. The number of furan rings is 1. The van der Waals surface area contributed by atoms with Crippen molar-refractivity contribution in [2.75, 3.05) is 0 Å². The molecule has 0 saturated heterocycles. The third kappa shape index (κ3) is 2.65. The first-order chi connectivity index (χ1) is 11.8. The minimum atomic E-state index is -0.373. The lowest BCUT2D eigenvalue weighted by Crippen LogP contribution is -2.16. The minimum Gasteiger partial charge on any atom is -0.451 e. The van der Waals surface area contributed by atoms with E-state index < -0.39 is 0 Å². The molecule has 0 aliphatic carbocycles. The summed E-state index contributed by atoms with van der Waals surface area (Å²) in [7, 11) is 0. The Hall–Kier alpha value is -3.40. The van der Waals surface area contributed by atoms with Crippen LogP contribution in [0.2, 0.25) is 0 Å². The topological polar surface area (TPSA) is 54.6 Å². The number of nitrogens with one attached hydrogen (secondary N) is 1. The molecule has 24 heavy (non-hydrogen) atoms. The van der Waals surface area contributed by atoms with Gasteiger partial charge in [0.15, 0.2) is 5.76 Å². The number of carbonyl (C=O) groups is 1. The van der Waals surface area contributed by atoms with Crippen LogP contribution in [0.3, 0.4) is 0 Å². The molecule has 4 rings (SSSR count). The van der Waals surface area contributed by atoms with Gasteiger partial charge < -0.3 is 4.42 Å². The van der Waals surface area contributed by atoms with Crippen LogP contribution in [0, 0.1) is 0 Å². The van der Waals surface area contributed by atoms with Crippen LogP contribution in [0.4, 0.5) is 0 Å². The van der Waals surface area contributed by atoms with Crippen LogP contribution >= 0.6 is 0 Å². The minimum absolute atomic E-state index is 0.242. The Morgan fingerprint density at radius 2 is 1.71 bits per heavy atom. The highest BCUT2D eigenvalue weighted by molar-refractivity contribution is 6.08. The summed E-state index contributed by atoms with van der Waals surface area (Å²) in [6.45, 7) is 0. The van der Waals surface area contributed by atoms with Gasteiger partial charge in [0.25, 0.3) is 0 Å². The zero-order valence-electron chi connectivity index (χ0n) is 12.8. The fraction of sp³-hybridized carbons (Fsp3) is 0. The summed E-state index contributed by atoms with van der Waals surface area (Å²) < 4.78 is 5.65. The van der Waals surface area contributed by atoms with Crippen LogP contribution in [-0.4, -0.2) is 12.1 Å². The number of benzene rings is 3. The molecule has 1 amide bonds. The summed E-state index contributed by atoms with van der Waals surface area (Å²) in [6, 6.07) is 23.2. The predicted octanol–water partition coefficient (Wildman–Crippen LogP) is 4.35. The highest BCUT2D eigenvalue weighted by atomic mass is 16.3. The largest absolute Gasteiger partial charge is 0.451 e. The van der Waals surface area contributed by atoms with Crippen molar-refractivity contribution in [3.8, 4) is 0 Å². The maximum absolute atomic E-state index is 12.2. The van der Waals surface area contributed by atoms with Gasteiger partial charge in [0, 0.05) is 5.39 Å². The monoisotopic (exact) mass is 314 g/mol. The molecule has 1 aromatic heterocycles. The highest BCUT2D eigenvalue weighted by Crippen LogP contribution is 2.28. The smallest absolute Gasteiger partial charge is 0.307 e. The molecule has 0 bridgehead atoms. The van der Waals surface area contributed by atoms with Crippen LogP contribution in [0.15, 0.2) is 82.3 Å². The van der Waals surface area contributed by atoms with Gasteiger partial charge in [0.05, 0.1) is 6.21 Å². The first kappa shape index (κ1) is 14.2. The second kappa shape index (κ2) is 6.01. The summed E-state index contributed by atoms with van der Waals surface area (Å²) in [6.07, 6.45) is 1.59. The lowest BCUT2D eigenvalue weighted by Gasteiger charge is -1.96. The molecule has 1 heterocycles. The molecule has 3 aromatic carbocycles. The quantitative estimate of drug-likeness (QED) is 0.451. The van der Waals surface area contributed by atoms with E-state index in [0.717, 1.165) is 21.7 Å². The highest BCUT2D eigenvalue weighted by Gasteiger charge is 2.13. The van der Waals surface area contributed by atoms with E-state index in [-0.39, 0.29) is 11.7 Å². The zero-order valence-corrected chi connectivity index (χ0v) is 12.8. The molecule has 0 spiro atoms. The Bertz CT molecular complexity index is 1050. The second-order valence-corrected chi connectivity index (χ2v) is 5.42. The summed E-state index contributed by atoms with van der Waals surface area (Å²) in [5.74, 6) is -0.131. The number of carbonyl (C=O) groups excluding carboxylic acids is 1. The van der Waals surface area contributed by atoms with Gasteiger partial charge in [0.2, 0.25) is 0 Å². The Morgan fingerprint density at radius 3 is 2.58 bits per heavy atom. The van der Waals surface area contributed by atoms with Crippen LogP contribution in [0.5, 0.6) is 0 Å². The standard InChI is InChI=1S/C20H14N2O2/c23-20(22-21-13-14-6-2-1-3-7-14)19-12-17-16-9-5-4-8-15(16)10-11-18(17)24-19/h1-13H,(H,22,23)/b21-13+. The maximum atomic E-state index is 12.2. The van der Waals surface area contributed by atoms with Gasteiger partial charge in [-0.15, -0.1) is 0 Å². The van der Waals surface area contributed by atoms with Gasteiger partial charge in [0.1, 0.15) is 5.58 Å². The van der Waals surface area contributed by atoms with Crippen molar-refractivity contribution >= 4 is 33.9 Å². The van der Waals surface area contributed by atoms with E-state index >= 15 is 0 Å². The average molecular weight is 314 g/mol. The molecule has 4 nitrogen and oxygen atoms in total. The average Bonchev–Trinajstić information content (AvgIpc) is 3.07. The number of hydrogen-bond acceptors (Lipinski definition) is 3. The summed E-state index contributed by atoms with van der Waals surface area (Å²) in [4.78, 5) is 12.2. The van der Waals surface area contributed by atoms with E-state index in [1.54, 1.807) is 12.3 Å². The zero-order chi connectivity index (χ0) is 16.4. The van der Waals surface area contributed by atoms with Gasteiger partial charge in [-0.1, -0.05) is 60.7 Å². The lowest BCUT2D eigenvalue weighted by molar-refractivity contribution is 0.0929. The predicted molar refractivity (Wildman–Crippen MR) is 95.2 cm³/mol. The Balaban J connectivity index is 1.60. The molecule has 4 aromatic rings. The molecule has 4 heteroatoms. The number of hydrazone groups is 1. The molecular weight excluding hydrogens is 300 g/mol. The Labute approximate surface area is 138 Å². The van der Waals surface area contributed by atoms with Gasteiger partial charge >= 0.3 is 5.91 Å². The van der Waals surface area contributed by atoms with Crippen molar-refractivity contribution in [3.05, 3.63) is 84.1 Å². The molecule has 0 aliphatic heterocycles. The first-order valence-electron chi connectivity index (χ1n) is 7.61. The van der Waals surface area contributed by atoms with Crippen LogP contribution in [0.25, 0.3) is 21.7 Å². The molecule has 0 atom stereocenters. The van der Waals surface area contributed by atoms with Crippen LogP contribution in [0.1, 0.15) is 16.1 Å². The SMILES string of the molecule is O=C(N/N=C/c1ccccc1)c1cc2c(ccc3ccccc32)o1. The number of nitrogens with zero attached hydrogens (tertiary/aromatic N) is 1. The van der Waals surface area contributed by atoms with Gasteiger partial charge in [-0.3, -0.25) is 4.79 Å². The normalized spacial score (nSPS) is 11.3. The first-order valence-corrected chi connectivity index (χ1v) is 7.61. The number of rotatable bonds is 3. The number of amides is 1. The van der Waals surface area contributed by atoms with Gasteiger partial charge in [-0.05, 0) is 28.5 Å². The summed E-state index contributed by atoms with van der Waals surface area (Å²) in [5.41, 5.74) is 4.09.